The molecule has 10 amide bonds. The first kappa shape index (κ1) is 78.4. The number of amides is 10. The maximum Gasteiger partial charge on any atom is 0.410 e. The molecule has 34 heteroatoms. The number of hydrogen-bond donors (Lipinski definition) is 10. The van der Waals surface area contributed by atoms with Crippen molar-refractivity contribution in [3.63, 3.8) is 0 Å². The zero-order valence-electron chi connectivity index (χ0n) is 60.1. The van der Waals surface area contributed by atoms with Gasteiger partial charge in [0.05, 0.1) is 41.6 Å². The van der Waals surface area contributed by atoms with Gasteiger partial charge in [-0.05, 0) is 153 Å². The van der Waals surface area contributed by atoms with E-state index in [1.54, 1.807) is 30.5 Å². The number of fused-ring (bicyclic) bond motifs is 2. The summed E-state index contributed by atoms with van der Waals surface area (Å²) in [5.74, 6) is -7.87. The maximum atomic E-state index is 13.9. The van der Waals surface area contributed by atoms with Crippen LogP contribution >= 0.6 is 11.3 Å². The maximum absolute atomic E-state index is 13.9. The summed E-state index contributed by atoms with van der Waals surface area (Å²) in [6, 6.07) is 19.1. The number of thiazole rings is 1. The van der Waals surface area contributed by atoms with Crippen LogP contribution in [0.25, 0.3) is 21.3 Å². The third kappa shape index (κ3) is 19.7. The van der Waals surface area contributed by atoms with Crippen LogP contribution in [0.2, 0.25) is 0 Å². The van der Waals surface area contributed by atoms with Gasteiger partial charge in [-0.2, -0.15) is 13.5 Å². The van der Waals surface area contributed by atoms with Crippen molar-refractivity contribution in [2.75, 3.05) is 67.2 Å². The van der Waals surface area contributed by atoms with E-state index in [1.165, 1.54) is 28.4 Å². The third-order valence-electron chi connectivity index (χ3n) is 20.4. The Labute approximate surface area is 626 Å². The lowest BCUT2D eigenvalue weighted by Crippen LogP contribution is -2.64. The fourth-order valence-corrected chi connectivity index (χ4v) is 18.4. The van der Waals surface area contributed by atoms with Gasteiger partial charge in [0.2, 0.25) is 23.6 Å². The fraction of sp³-hybridized carbons (Fsp3) is 0.459. The smallest absolute Gasteiger partial charge is 0.410 e. The number of ether oxygens (including phenoxy) is 2. The van der Waals surface area contributed by atoms with Crippen LogP contribution in [-0.4, -0.2) is 187 Å². The molecule has 108 heavy (non-hydrogen) atoms. The molecule has 6 aromatic rings. The number of para-hydroxylation sites is 1. The van der Waals surface area contributed by atoms with E-state index >= 15 is 0 Å². The number of anilines is 3. The topological polar surface area (TPSA) is 453 Å². The molecule has 2 aliphatic heterocycles. The normalized spacial score (nSPS) is 20.3. The summed E-state index contributed by atoms with van der Waals surface area (Å²) in [4.78, 5) is 154. The van der Waals surface area contributed by atoms with Gasteiger partial charge in [-0.15, -0.1) is 0 Å². The van der Waals surface area contributed by atoms with Gasteiger partial charge in [0.25, 0.3) is 27.8 Å². The Morgan fingerprint density at radius 1 is 0.759 bits per heavy atom. The van der Waals surface area contributed by atoms with Crippen LogP contribution in [0.1, 0.15) is 141 Å². The van der Waals surface area contributed by atoms with E-state index in [1.807, 2.05) is 59.0 Å². The predicted molar refractivity (Wildman–Crippen MR) is 394 cm³/mol. The van der Waals surface area contributed by atoms with Crippen LogP contribution in [0.3, 0.4) is 0 Å². The second-order valence-electron chi connectivity index (χ2n) is 29.4. The predicted octanol–water partition coefficient (Wildman–Crippen LogP) is 6.47. The third-order valence-corrected chi connectivity index (χ3v) is 22.1. The molecule has 6 aliphatic rings. The van der Waals surface area contributed by atoms with Crippen molar-refractivity contribution in [3.05, 3.63) is 131 Å². The highest BCUT2D eigenvalue weighted by atomic mass is 32.2. The number of primary amides is 1. The number of benzene rings is 3. The molecule has 3 aromatic carbocycles. The van der Waals surface area contributed by atoms with Crippen LogP contribution in [0.15, 0.2) is 97.2 Å². The summed E-state index contributed by atoms with van der Waals surface area (Å²) in [5.41, 5.74) is 9.70. The van der Waals surface area contributed by atoms with Crippen molar-refractivity contribution in [1.29, 1.82) is 0 Å². The summed E-state index contributed by atoms with van der Waals surface area (Å²) in [5, 5.41) is 40.9. The molecular weight excluding hydrogens is 1440 g/mol. The van der Waals surface area contributed by atoms with Crippen LogP contribution in [-0.2, 0) is 79.3 Å². The van der Waals surface area contributed by atoms with Crippen molar-refractivity contribution in [2.24, 2.45) is 22.0 Å². The summed E-state index contributed by atoms with van der Waals surface area (Å²) in [6.45, 7) is 6.93. The SMILES string of the molecule is Cc1c(-c2ccc(N3CCc4cccc(C(=O)Nc5nc6ccccc6s5)c4C3)nc2C(=O)O)cnn1CC12CC3(C)CC(C)(C1)CC(OCCN(CCC(=O)O)C(=O)OCc1ccc(NC(=O)[C@H](CCCNC(N)=O)NC(=O)CNC(=O)[C@H](CS(=O)(=O)O)NC(=O)CCCCCN4C(=O)C=CC4=O)cc1)(C3)C2. The number of pyridine rings is 1. The number of aromatic nitrogens is 4. The number of carbonyl (C=O) groups excluding carboxylic acids is 9. The zero-order valence-corrected chi connectivity index (χ0v) is 61.7. The van der Waals surface area contributed by atoms with E-state index in [2.05, 4.69) is 50.7 Å². The average molecular weight is 1530 g/mol. The Hall–Kier alpha value is -10.7. The van der Waals surface area contributed by atoms with Gasteiger partial charge in [0.15, 0.2) is 10.8 Å². The van der Waals surface area contributed by atoms with E-state index in [9.17, 15) is 75.9 Å². The molecule has 32 nitrogen and oxygen atoms in total. The standard InChI is InChI=1S/C74H88N14O18S2/c1-45-51(49-21-22-57(83-63(49)67(98)99)86-29-25-47-11-9-12-50(52(47)35-86)64(95)84-69-82-53-13-6-7-15-56(53)107-69)33-78-88(45)44-73-39-71(2)38-72(3,40-73)42-74(41-71,43-73)106-32-31-85(30-26-62(93)94)70(101)105-36-46-17-19-48(20-18-46)79-66(97)54(14-10-27-76-68(75)100)80-59(90)34-77-65(96)55(37-108(102,103)104)81-58(89)16-5-4-8-28-87-60(91)23-24-61(87)92/h6-7,9,11-13,15,17-24,33,54-55H,4-5,8,10,14,16,25-32,34-44H2,1-3H3,(H,77,96)(H,79,97)(H,80,90)(H,81,89)(H,93,94)(H,98,99)(H3,75,76,100)(H,82,84,95)(H,102,103,104)/t54-,55-,71?,72?,73?,74?/m0/s1. The molecule has 4 fully saturated rings. The summed E-state index contributed by atoms with van der Waals surface area (Å²) >= 11 is 1.39. The molecule has 0 spiro atoms. The lowest BCUT2D eigenvalue weighted by molar-refractivity contribution is -0.248. The fourth-order valence-electron chi connectivity index (χ4n) is 16.8. The minimum atomic E-state index is -4.84. The Morgan fingerprint density at radius 2 is 1.49 bits per heavy atom. The highest BCUT2D eigenvalue weighted by Gasteiger charge is 2.66. The van der Waals surface area contributed by atoms with Gasteiger partial charge in [0, 0.05) is 92.5 Å². The van der Waals surface area contributed by atoms with E-state index in [-0.39, 0.29) is 105 Å². The lowest BCUT2D eigenvalue weighted by Gasteiger charge is -2.69. The highest BCUT2D eigenvalue weighted by molar-refractivity contribution is 7.85. The molecule has 12 rings (SSSR count). The van der Waals surface area contributed by atoms with E-state index in [0.29, 0.717) is 78.5 Å². The molecule has 4 atom stereocenters. The van der Waals surface area contributed by atoms with Crippen LogP contribution in [0, 0.1) is 23.2 Å². The van der Waals surface area contributed by atoms with Crippen molar-refractivity contribution in [3.8, 4) is 11.1 Å². The Kier molecular flexibility index (Phi) is 24.1. The monoisotopic (exact) mass is 1520 g/mol. The Balaban J connectivity index is 0.677. The number of urea groups is 1. The highest BCUT2D eigenvalue weighted by Crippen LogP contribution is 2.72. The number of imide groups is 1. The largest absolute Gasteiger partial charge is 0.481 e. The number of nitrogens with two attached hydrogens (primary N) is 1. The minimum absolute atomic E-state index is 0.0134. The van der Waals surface area contributed by atoms with Gasteiger partial charge < -0.3 is 61.8 Å². The quantitative estimate of drug-likeness (QED) is 0.0116. The molecule has 0 radical (unpaired) electrons. The van der Waals surface area contributed by atoms with E-state index < -0.39 is 99.6 Å². The van der Waals surface area contributed by atoms with Gasteiger partial charge in [-0.25, -0.2) is 24.4 Å². The Bertz CT molecular complexity index is 4570. The number of aromatic carboxylic acids is 1. The van der Waals surface area contributed by atoms with E-state index in [0.717, 1.165) is 76.2 Å². The van der Waals surface area contributed by atoms with Crippen molar-refractivity contribution >= 4 is 114 Å². The average Bonchev–Trinajstić information content (AvgIpc) is 0.813. The number of hydrogen-bond acceptors (Lipinski definition) is 20. The van der Waals surface area contributed by atoms with Crippen LogP contribution in [0.5, 0.6) is 0 Å². The number of aliphatic carboxylic acids is 1. The number of carboxylic acid groups (broad SMARTS) is 2. The molecule has 2 unspecified atom stereocenters. The first-order chi connectivity index (χ1) is 51.3. The number of unbranched alkanes of at least 4 members (excludes halogenated alkanes) is 2. The van der Waals surface area contributed by atoms with Crippen molar-refractivity contribution in [1.82, 2.24) is 50.8 Å². The van der Waals surface area contributed by atoms with Crippen molar-refractivity contribution < 1.29 is 85.4 Å². The van der Waals surface area contributed by atoms with Crippen LogP contribution < -0.4 is 42.5 Å². The molecule has 4 aliphatic carbocycles. The Morgan fingerprint density at radius 3 is 2.19 bits per heavy atom. The van der Waals surface area contributed by atoms with Gasteiger partial charge in [-0.3, -0.25) is 57.8 Å². The molecule has 574 valence electrons. The zero-order chi connectivity index (χ0) is 77.3. The second kappa shape index (κ2) is 33.2. The molecule has 4 saturated carbocycles. The van der Waals surface area contributed by atoms with Crippen molar-refractivity contribution in [2.45, 2.75) is 148 Å². The summed E-state index contributed by atoms with van der Waals surface area (Å²) in [6.07, 6.45) is 9.33. The second-order valence-corrected chi connectivity index (χ2v) is 32.0. The molecule has 5 heterocycles. The number of carbonyl (C=O) groups is 11. The summed E-state index contributed by atoms with van der Waals surface area (Å²) < 4.78 is 48.9. The molecule has 0 saturated heterocycles. The number of nitrogens with one attached hydrogen (secondary N) is 6. The number of nitrogens with zero attached hydrogens (tertiary/aromatic N) is 7. The van der Waals surface area contributed by atoms with Gasteiger partial charge >= 0.3 is 24.1 Å². The van der Waals surface area contributed by atoms with Crippen LogP contribution in [0.4, 0.5) is 26.2 Å². The first-order valence-electron chi connectivity index (χ1n) is 35.7. The molecule has 4 bridgehead atoms. The number of carboxylic acids is 2. The summed E-state index contributed by atoms with van der Waals surface area (Å²) in [7, 11) is -4.84. The van der Waals surface area contributed by atoms with E-state index in [4.69, 9.17) is 25.3 Å². The van der Waals surface area contributed by atoms with Gasteiger partial charge in [-0.1, -0.05) is 68.0 Å². The number of rotatable bonds is 35. The molecule has 3 aromatic heterocycles. The molecule has 11 N–H and O–H groups in total. The first-order valence-corrected chi connectivity index (χ1v) is 38.1. The molecular formula is C74H88N14O18S2. The lowest BCUT2D eigenvalue weighted by atomic mass is 9.39. The minimum Gasteiger partial charge on any atom is -0.481 e. The van der Waals surface area contributed by atoms with Gasteiger partial charge in [0.1, 0.15) is 30.3 Å².